The number of carbonyl (C=O) groups is 2. The van der Waals surface area contributed by atoms with Crippen molar-refractivity contribution in [3.63, 3.8) is 0 Å². The molecule has 0 radical (unpaired) electrons. The summed E-state index contributed by atoms with van der Waals surface area (Å²) in [5.74, 6) is 0.221. The SMILES string of the molecule is COC(=O)[C@@H]1[C@H](C2CC2)[C@@H](Oc2nc3cc(OC)ccc3nc2Cl)CN1C(=O)OC(C)(C)C. The van der Waals surface area contributed by atoms with Crippen LogP contribution in [-0.4, -0.2) is 65.4 Å². The van der Waals surface area contributed by atoms with Crippen LogP contribution in [0, 0.1) is 11.8 Å². The number of amides is 1. The third-order valence-corrected chi connectivity index (χ3v) is 6.05. The Kier molecular flexibility index (Phi) is 6.26. The number of fused-ring (bicyclic) bond motifs is 1. The normalized spacial score (nSPS) is 22.8. The number of ether oxygens (including phenoxy) is 4. The van der Waals surface area contributed by atoms with Crippen LogP contribution in [0.1, 0.15) is 33.6 Å². The van der Waals surface area contributed by atoms with Gasteiger partial charge in [0.25, 0.3) is 5.88 Å². The smallest absolute Gasteiger partial charge is 0.411 e. The van der Waals surface area contributed by atoms with Crippen LogP contribution in [0.4, 0.5) is 4.79 Å². The van der Waals surface area contributed by atoms with Gasteiger partial charge in [-0.15, -0.1) is 0 Å². The van der Waals surface area contributed by atoms with Gasteiger partial charge in [-0.2, -0.15) is 0 Å². The van der Waals surface area contributed by atoms with E-state index in [2.05, 4.69) is 9.97 Å². The van der Waals surface area contributed by atoms with Crippen molar-refractivity contribution in [2.75, 3.05) is 20.8 Å². The number of hydrogen-bond acceptors (Lipinski definition) is 8. The van der Waals surface area contributed by atoms with E-state index in [1.54, 1.807) is 46.1 Å². The molecule has 2 aromatic rings. The van der Waals surface area contributed by atoms with Crippen molar-refractivity contribution in [2.24, 2.45) is 11.8 Å². The van der Waals surface area contributed by atoms with E-state index >= 15 is 0 Å². The second-order valence-corrected chi connectivity index (χ2v) is 9.70. The highest BCUT2D eigenvalue weighted by molar-refractivity contribution is 6.31. The molecule has 0 bridgehead atoms. The topological polar surface area (TPSA) is 100 Å². The Morgan fingerprint density at radius 3 is 2.45 bits per heavy atom. The lowest BCUT2D eigenvalue weighted by molar-refractivity contribution is -0.147. The van der Waals surface area contributed by atoms with Gasteiger partial charge in [-0.1, -0.05) is 11.6 Å². The molecular weight excluding hydrogens is 450 g/mol. The number of hydrogen-bond donors (Lipinski definition) is 0. The van der Waals surface area contributed by atoms with Gasteiger partial charge in [0.2, 0.25) is 0 Å². The first-order valence-corrected chi connectivity index (χ1v) is 11.2. The van der Waals surface area contributed by atoms with E-state index in [4.69, 9.17) is 30.5 Å². The zero-order valence-corrected chi connectivity index (χ0v) is 20.1. The van der Waals surface area contributed by atoms with Crippen molar-refractivity contribution in [3.05, 3.63) is 23.4 Å². The molecule has 1 aromatic carbocycles. The molecule has 2 fully saturated rings. The number of esters is 1. The zero-order chi connectivity index (χ0) is 23.9. The maximum atomic E-state index is 13.0. The fourth-order valence-electron chi connectivity index (χ4n) is 4.25. The van der Waals surface area contributed by atoms with E-state index in [0.29, 0.717) is 16.8 Å². The molecule has 1 saturated heterocycles. The van der Waals surface area contributed by atoms with Gasteiger partial charge in [0.15, 0.2) is 5.15 Å². The zero-order valence-electron chi connectivity index (χ0n) is 19.3. The monoisotopic (exact) mass is 477 g/mol. The van der Waals surface area contributed by atoms with Crippen molar-refractivity contribution < 1.29 is 28.5 Å². The van der Waals surface area contributed by atoms with E-state index in [9.17, 15) is 9.59 Å². The van der Waals surface area contributed by atoms with Crippen molar-refractivity contribution >= 4 is 34.7 Å². The van der Waals surface area contributed by atoms with Crippen LogP contribution in [0.2, 0.25) is 5.15 Å². The molecule has 10 heteroatoms. The first-order chi connectivity index (χ1) is 15.6. The number of methoxy groups -OCH3 is 2. The Balaban J connectivity index is 1.67. The lowest BCUT2D eigenvalue weighted by Crippen LogP contribution is -2.46. The highest BCUT2D eigenvalue weighted by Crippen LogP contribution is 2.46. The third kappa shape index (κ3) is 4.93. The summed E-state index contributed by atoms with van der Waals surface area (Å²) in [7, 11) is 2.88. The lowest BCUT2D eigenvalue weighted by Gasteiger charge is -2.28. The van der Waals surface area contributed by atoms with Crippen molar-refractivity contribution in [1.82, 2.24) is 14.9 Å². The van der Waals surface area contributed by atoms with Gasteiger partial charge in [-0.25, -0.2) is 19.6 Å². The predicted octanol–water partition coefficient (Wildman–Crippen LogP) is 3.86. The number of benzene rings is 1. The average Bonchev–Trinajstić information content (AvgIpc) is 3.52. The quantitative estimate of drug-likeness (QED) is 0.598. The summed E-state index contributed by atoms with van der Waals surface area (Å²) < 4.78 is 22.1. The Hall–Kier alpha value is -2.81. The van der Waals surface area contributed by atoms with Gasteiger partial charge in [0.1, 0.15) is 23.5 Å². The maximum absolute atomic E-state index is 13.0. The van der Waals surface area contributed by atoms with Crippen LogP contribution in [0.3, 0.4) is 0 Å². The number of rotatable bonds is 5. The molecular formula is C23H28ClN3O6. The largest absolute Gasteiger partial charge is 0.497 e. The van der Waals surface area contributed by atoms with Crippen LogP contribution in [0.15, 0.2) is 18.2 Å². The molecule has 3 atom stereocenters. The summed E-state index contributed by atoms with van der Waals surface area (Å²) in [5, 5.41) is 0.104. The standard InChI is InChI=1S/C23H28ClN3O6/c1-23(2,3)33-22(29)27-11-16(17(12-6-7-12)18(27)21(28)31-5)32-20-19(24)25-14-9-8-13(30-4)10-15(14)26-20/h8-10,12,16-18H,6-7,11H2,1-5H3/t16-,17+,18-/m0/s1. The van der Waals surface area contributed by atoms with Crippen molar-refractivity contribution in [2.45, 2.75) is 51.4 Å². The van der Waals surface area contributed by atoms with E-state index in [1.165, 1.54) is 12.0 Å². The number of likely N-dealkylation sites (tertiary alicyclic amines) is 1. The molecule has 1 aromatic heterocycles. The Labute approximate surface area is 197 Å². The Morgan fingerprint density at radius 1 is 1.12 bits per heavy atom. The van der Waals surface area contributed by atoms with Gasteiger partial charge < -0.3 is 18.9 Å². The fraction of sp³-hybridized carbons (Fsp3) is 0.565. The van der Waals surface area contributed by atoms with E-state index < -0.39 is 29.8 Å². The lowest BCUT2D eigenvalue weighted by atomic mass is 9.92. The van der Waals surface area contributed by atoms with Crippen molar-refractivity contribution in [3.8, 4) is 11.6 Å². The molecule has 1 amide bonds. The summed E-state index contributed by atoms with van der Waals surface area (Å²) in [5.41, 5.74) is 0.446. The molecule has 178 valence electrons. The third-order valence-electron chi connectivity index (χ3n) is 5.81. The maximum Gasteiger partial charge on any atom is 0.411 e. The Bertz CT molecular complexity index is 1070. The summed E-state index contributed by atoms with van der Waals surface area (Å²) in [6.45, 7) is 5.47. The highest BCUT2D eigenvalue weighted by atomic mass is 35.5. The first kappa shape index (κ1) is 23.4. The molecule has 1 aliphatic carbocycles. The number of nitrogens with zero attached hydrogens (tertiary/aromatic N) is 3. The molecule has 2 aliphatic rings. The average molecular weight is 478 g/mol. The Morgan fingerprint density at radius 2 is 1.85 bits per heavy atom. The molecule has 9 nitrogen and oxygen atoms in total. The molecule has 33 heavy (non-hydrogen) atoms. The van der Waals surface area contributed by atoms with Gasteiger partial charge in [-0.05, 0) is 51.7 Å². The molecule has 2 heterocycles. The van der Waals surface area contributed by atoms with E-state index in [-0.39, 0.29) is 29.4 Å². The summed E-state index contributed by atoms with van der Waals surface area (Å²) in [4.78, 5) is 36.0. The second kappa shape index (κ2) is 8.85. The van der Waals surface area contributed by atoms with Crippen molar-refractivity contribution in [1.29, 1.82) is 0 Å². The minimum Gasteiger partial charge on any atom is -0.497 e. The summed E-state index contributed by atoms with van der Waals surface area (Å²) >= 11 is 6.38. The molecule has 4 rings (SSSR count). The highest BCUT2D eigenvalue weighted by Gasteiger charge is 2.56. The number of carbonyl (C=O) groups excluding carboxylic acids is 2. The van der Waals surface area contributed by atoms with Crippen LogP contribution in [0.5, 0.6) is 11.6 Å². The molecule has 1 aliphatic heterocycles. The second-order valence-electron chi connectivity index (χ2n) is 9.35. The number of halogens is 1. The fourth-order valence-corrected chi connectivity index (χ4v) is 4.43. The minimum atomic E-state index is -0.811. The van der Waals surface area contributed by atoms with Crippen LogP contribution in [-0.2, 0) is 14.3 Å². The van der Waals surface area contributed by atoms with Gasteiger partial charge in [0, 0.05) is 12.0 Å². The predicted molar refractivity (Wildman–Crippen MR) is 120 cm³/mol. The van der Waals surface area contributed by atoms with Gasteiger partial charge in [-0.3, -0.25) is 4.90 Å². The minimum absolute atomic E-state index is 0.104. The van der Waals surface area contributed by atoms with E-state index in [0.717, 1.165) is 12.8 Å². The molecule has 1 saturated carbocycles. The first-order valence-electron chi connectivity index (χ1n) is 10.9. The summed E-state index contributed by atoms with van der Waals surface area (Å²) in [6.07, 6.45) is 0.766. The van der Waals surface area contributed by atoms with Gasteiger partial charge >= 0.3 is 12.1 Å². The number of aromatic nitrogens is 2. The molecule has 0 spiro atoms. The van der Waals surface area contributed by atoms with Crippen LogP contribution < -0.4 is 9.47 Å². The summed E-state index contributed by atoms with van der Waals surface area (Å²) in [6, 6.07) is 4.46. The molecule has 0 unspecified atom stereocenters. The van der Waals surface area contributed by atoms with Crippen LogP contribution in [0.25, 0.3) is 11.0 Å². The van der Waals surface area contributed by atoms with Crippen LogP contribution >= 0.6 is 11.6 Å². The van der Waals surface area contributed by atoms with E-state index in [1.807, 2.05) is 0 Å². The van der Waals surface area contributed by atoms with Gasteiger partial charge in [0.05, 0.1) is 31.8 Å². The molecule has 0 N–H and O–H groups in total.